The maximum absolute atomic E-state index is 12.1. The number of pyridine rings is 1. The second kappa shape index (κ2) is 7.25. The van der Waals surface area contributed by atoms with E-state index in [1.54, 1.807) is 6.92 Å². The van der Waals surface area contributed by atoms with Crippen LogP contribution >= 0.6 is 11.6 Å². The van der Waals surface area contributed by atoms with E-state index >= 15 is 0 Å². The molecular weight excluding hydrogens is 341 g/mol. The molecule has 1 aromatic rings. The van der Waals surface area contributed by atoms with Crippen molar-refractivity contribution < 1.29 is 22.5 Å². The van der Waals surface area contributed by atoms with Crippen molar-refractivity contribution in [3.63, 3.8) is 0 Å². The lowest BCUT2D eigenvalue weighted by molar-refractivity contribution is -0.154. The van der Waals surface area contributed by atoms with Crippen molar-refractivity contribution in [1.82, 2.24) is 9.71 Å². The highest BCUT2D eigenvalue weighted by molar-refractivity contribution is 7.90. The van der Waals surface area contributed by atoms with E-state index in [9.17, 15) is 17.7 Å². The van der Waals surface area contributed by atoms with Gasteiger partial charge in [-0.05, 0) is 39.3 Å². The summed E-state index contributed by atoms with van der Waals surface area (Å²) < 4.78 is 55.3. The van der Waals surface area contributed by atoms with Gasteiger partial charge in [0, 0.05) is 17.6 Å². The lowest BCUT2D eigenvalue weighted by Crippen LogP contribution is -2.40. The van der Waals surface area contributed by atoms with Gasteiger partial charge in [-0.25, -0.2) is 4.98 Å². The Morgan fingerprint density at radius 1 is 1.41 bits per heavy atom. The number of nitrogens with one attached hydrogen (secondary N) is 1. The highest BCUT2D eigenvalue weighted by atomic mass is 35.5. The number of hydrogen-bond acceptors (Lipinski definition) is 4. The first kappa shape index (κ1) is 19.3. The second-order valence-corrected chi connectivity index (χ2v) is 8.09. The lowest BCUT2D eigenvalue weighted by atomic mass is 10.2. The molecule has 1 aromatic heterocycles. The first-order valence-electron chi connectivity index (χ1n) is 6.43. The molecule has 2 atom stereocenters. The third-order valence-corrected chi connectivity index (χ3v) is 4.49. The summed E-state index contributed by atoms with van der Waals surface area (Å²) in [4.78, 5) is 3.78. The first-order valence-corrected chi connectivity index (χ1v) is 7.96. The van der Waals surface area contributed by atoms with E-state index in [0.29, 0.717) is 5.56 Å². The number of nitrogens with zero attached hydrogens (tertiary/aromatic N) is 1. The van der Waals surface area contributed by atoms with Crippen LogP contribution in [0.5, 0.6) is 5.88 Å². The van der Waals surface area contributed by atoms with Crippen molar-refractivity contribution in [2.45, 2.75) is 44.7 Å². The van der Waals surface area contributed by atoms with Gasteiger partial charge in [0.1, 0.15) is 9.77 Å². The zero-order chi connectivity index (χ0) is 17.1. The Hall–Kier alpha value is -0.700. The second-order valence-electron chi connectivity index (χ2n) is 5.68. The summed E-state index contributed by atoms with van der Waals surface area (Å²) in [5.74, 6) is -0.285. The van der Waals surface area contributed by atoms with Crippen molar-refractivity contribution in [2.24, 2.45) is 0 Å². The van der Waals surface area contributed by atoms with Gasteiger partial charge in [0.25, 0.3) is 0 Å². The van der Waals surface area contributed by atoms with Crippen molar-refractivity contribution in [1.29, 1.82) is 0 Å². The zero-order valence-corrected chi connectivity index (χ0v) is 14.2. The Kier molecular flexibility index (Phi) is 6.37. The van der Waals surface area contributed by atoms with Crippen LogP contribution in [0.2, 0.25) is 5.02 Å². The summed E-state index contributed by atoms with van der Waals surface area (Å²) in [6, 6.07) is 1.11. The van der Waals surface area contributed by atoms with Crippen LogP contribution in [0.4, 0.5) is 13.2 Å². The number of hydrogen-bond donors (Lipinski definition) is 1. The number of alkyl halides is 3. The number of ether oxygens (including phenoxy) is 1. The molecule has 0 saturated heterocycles. The highest BCUT2D eigenvalue weighted by Gasteiger charge is 2.30. The van der Waals surface area contributed by atoms with Crippen LogP contribution in [0, 0.1) is 0 Å². The van der Waals surface area contributed by atoms with E-state index in [1.165, 1.54) is 12.3 Å². The minimum Gasteiger partial charge on any atom is -0.598 e. The minimum absolute atomic E-state index is 0.0306. The Labute approximate surface area is 135 Å². The third kappa shape index (κ3) is 6.20. The first-order chi connectivity index (χ1) is 9.90. The van der Waals surface area contributed by atoms with Crippen molar-refractivity contribution in [3.8, 4) is 5.88 Å². The van der Waals surface area contributed by atoms with Crippen LogP contribution in [0.3, 0.4) is 0 Å². The largest absolute Gasteiger partial charge is 0.598 e. The summed E-state index contributed by atoms with van der Waals surface area (Å²) in [6.07, 6.45) is -3.11. The van der Waals surface area contributed by atoms with E-state index in [1.807, 2.05) is 20.8 Å². The Morgan fingerprint density at radius 2 is 2.00 bits per heavy atom. The van der Waals surface area contributed by atoms with Crippen molar-refractivity contribution in [2.75, 3.05) is 6.61 Å². The van der Waals surface area contributed by atoms with Gasteiger partial charge in [-0.2, -0.15) is 13.2 Å². The molecule has 9 heteroatoms. The van der Waals surface area contributed by atoms with Gasteiger partial charge < -0.3 is 9.29 Å². The highest BCUT2D eigenvalue weighted by Crippen LogP contribution is 2.28. The molecular formula is C13H18ClF3N2O2S. The fourth-order valence-electron chi connectivity index (χ4n) is 1.34. The minimum atomic E-state index is -4.46. The molecule has 1 N–H and O–H groups in total. The van der Waals surface area contributed by atoms with E-state index in [2.05, 4.69) is 14.4 Å². The maximum atomic E-state index is 12.1. The molecule has 0 aliphatic heterocycles. The molecule has 1 heterocycles. The molecule has 0 amide bonds. The van der Waals surface area contributed by atoms with Crippen LogP contribution < -0.4 is 9.46 Å². The monoisotopic (exact) mass is 358 g/mol. The number of aromatic nitrogens is 1. The topological polar surface area (TPSA) is 57.2 Å². The normalized spacial score (nSPS) is 15.5. The molecule has 0 bridgehead atoms. The smallest absolute Gasteiger partial charge is 0.422 e. The fourth-order valence-corrected chi connectivity index (χ4v) is 2.38. The summed E-state index contributed by atoms with van der Waals surface area (Å²) >= 11 is 4.57. The number of rotatable bonds is 5. The maximum Gasteiger partial charge on any atom is 0.422 e. The average molecular weight is 359 g/mol. The predicted octanol–water partition coefficient (Wildman–Crippen LogP) is 3.79. The summed E-state index contributed by atoms with van der Waals surface area (Å²) in [5, 5.41) is -0.0306. The average Bonchev–Trinajstić information content (AvgIpc) is 2.34. The number of halogens is 4. The van der Waals surface area contributed by atoms with Crippen LogP contribution in [-0.4, -0.2) is 27.1 Å². The lowest BCUT2D eigenvalue weighted by Gasteiger charge is -2.26. The van der Waals surface area contributed by atoms with E-state index in [0.717, 1.165) is 0 Å². The standard InChI is InChI=1S/C13H18ClF3N2O2S/c1-8(19-22(20)12(2,3)4)9-5-10(14)11(18-6-9)21-7-13(15,16)17/h5-6,8,19H,7H2,1-4H3/t8?,22-/m1/s1. The van der Waals surface area contributed by atoms with Gasteiger partial charge in [-0.3, -0.25) is 0 Å². The van der Waals surface area contributed by atoms with E-state index < -0.39 is 28.9 Å². The van der Waals surface area contributed by atoms with Gasteiger partial charge in [0.15, 0.2) is 6.61 Å². The van der Waals surface area contributed by atoms with Crippen molar-refractivity contribution in [3.05, 3.63) is 22.8 Å². The Morgan fingerprint density at radius 3 is 2.45 bits per heavy atom. The molecule has 4 nitrogen and oxygen atoms in total. The van der Waals surface area contributed by atoms with E-state index in [4.69, 9.17) is 11.6 Å². The van der Waals surface area contributed by atoms with E-state index in [-0.39, 0.29) is 16.9 Å². The third-order valence-electron chi connectivity index (χ3n) is 2.54. The molecule has 0 aliphatic rings. The molecule has 0 fully saturated rings. The SMILES string of the molecule is CC(N[S@+]([O-])C(C)(C)C)c1cnc(OCC(F)(F)F)c(Cl)c1. The summed E-state index contributed by atoms with van der Waals surface area (Å²) in [6.45, 7) is 5.76. The van der Waals surface area contributed by atoms with Gasteiger partial charge in [0.05, 0.1) is 6.04 Å². The van der Waals surface area contributed by atoms with Crippen LogP contribution in [0.1, 0.15) is 39.3 Å². The predicted molar refractivity (Wildman–Crippen MR) is 80.2 cm³/mol. The van der Waals surface area contributed by atoms with Crippen LogP contribution in [0.15, 0.2) is 12.3 Å². The molecule has 1 unspecified atom stereocenters. The zero-order valence-electron chi connectivity index (χ0n) is 12.6. The Balaban J connectivity index is 2.76. The van der Waals surface area contributed by atoms with Gasteiger partial charge in [-0.1, -0.05) is 11.6 Å². The molecule has 22 heavy (non-hydrogen) atoms. The summed E-state index contributed by atoms with van der Waals surface area (Å²) in [5.41, 5.74) is 0.599. The molecule has 0 spiro atoms. The molecule has 0 aromatic carbocycles. The van der Waals surface area contributed by atoms with Gasteiger partial charge >= 0.3 is 6.18 Å². The van der Waals surface area contributed by atoms with Crippen LogP contribution in [0.25, 0.3) is 0 Å². The van der Waals surface area contributed by atoms with Crippen LogP contribution in [-0.2, 0) is 11.4 Å². The molecule has 126 valence electrons. The fraction of sp³-hybridized carbons (Fsp3) is 0.615. The molecule has 0 saturated carbocycles. The van der Waals surface area contributed by atoms with Gasteiger partial charge in [0.2, 0.25) is 5.88 Å². The summed E-state index contributed by atoms with van der Waals surface area (Å²) in [7, 11) is 0. The molecule has 0 aliphatic carbocycles. The molecule has 0 radical (unpaired) electrons. The Bertz CT molecular complexity index is 509. The van der Waals surface area contributed by atoms with Gasteiger partial charge in [-0.15, -0.1) is 4.72 Å². The quantitative estimate of drug-likeness (QED) is 0.814. The molecule has 1 rings (SSSR count). The van der Waals surface area contributed by atoms with Crippen molar-refractivity contribution >= 4 is 23.0 Å².